The first kappa shape index (κ1) is 21.9. The quantitative estimate of drug-likeness (QED) is 0.804. The van der Waals surface area contributed by atoms with Crippen LogP contribution in [0.3, 0.4) is 0 Å². The number of nitrogens with one attached hydrogen (secondary N) is 2. The summed E-state index contributed by atoms with van der Waals surface area (Å²) in [5.74, 6) is -0.0956. The highest BCUT2D eigenvalue weighted by molar-refractivity contribution is 7.91. The summed E-state index contributed by atoms with van der Waals surface area (Å²) in [4.78, 5) is 12.0. The SMILES string of the molecule is CC(C)(C)S(=O)(=O)Cc1ccc(NC(=O)CC2COCCN2)cc1.Cl. The number of sulfone groups is 1. The second-order valence-corrected chi connectivity index (χ2v) is 9.79. The van der Waals surface area contributed by atoms with Crippen molar-refractivity contribution in [3.63, 3.8) is 0 Å². The minimum atomic E-state index is -3.22. The lowest BCUT2D eigenvalue weighted by Crippen LogP contribution is -2.43. The Labute approximate surface area is 156 Å². The molecule has 8 heteroatoms. The van der Waals surface area contributed by atoms with Crippen LogP contribution < -0.4 is 10.6 Å². The molecule has 0 aliphatic carbocycles. The maximum Gasteiger partial charge on any atom is 0.226 e. The van der Waals surface area contributed by atoms with Gasteiger partial charge in [-0.2, -0.15) is 0 Å². The van der Waals surface area contributed by atoms with Gasteiger partial charge in [-0.05, 0) is 38.5 Å². The van der Waals surface area contributed by atoms with E-state index in [1.165, 1.54) is 0 Å². The number of amides is 1. The maximum absolute atomic E-state index is 12.2. The maximum atomic E-state index is 12.2. The summed E-state index contributed by atoms with van der Waals surface area (Å²) >= 11 is 0. The molecule has 1 saturated heterocycles. The van der Waals surface area contributed by atoms with E-state index in [9.17, 15) is 13.2 Å². The molecule has 1 amide bonds. The van der Waals surface area contributed by atoms with Gasteiger partial charge >= 0.3 is 0 Å². The Morgan fingerprint density at radius 2 is 1.92 bits per heavy atom. The van der Waals surface area contributed by atoms with Crippen LogP contribution in [0.15, 0.2) is 24.3 Å². The lowest BCUT2D eigenvalue weighted by atomic mass is 10.2. The average molecular weight is 391 g/mol. The molecule has 0 aromatic heterocycles. The average Bonchev–Trinajstić information content (AvgIpc) is 2.49. The monoisotopic (exact) mass is 390 g/mol. The van der Waals surface area contributed by atoms with E-state index in [0.29, 0.717) is 30.9 Å². The van der Waals surface area contributed by atoms with E-state index in [0.717, 1.165) is 6.54 Å². The van der Waals surface area contributed by atoms with Crippen LogP contribution in [0.2, 0.25) is 0 Å². The van der Waals surface area contributed by atoms with Crippen molar-refractivity contribution in [3.05, 3.63) is 29.8 Å². The molecule has 0 spiro atoms. The fourth-order valence-electron chi connectivity index (χ4n) is 2.31. The number of carbonyl (C=O) groups excluding carboxylic acids is 1. The standard InChI is InChI=1S/C17H26N2O4S.ClH/c1-17(2,3)24(21,22)12-13-4-6-14(7-5-13)19-16(20)10-15-11-23-9-8-18-15;/h4-7,15,18H,8-12H2,1-3H3,(H,19,20);1H. The van der Waals surface area contributed by atoms with Gasteiger partial charge in [0.15, 0.2) is 9.84 Å². The number of benzene rings is 1. The van der Waals surface area contributed by atoms with Gasteiger partial charge in [-0.25, -0.2) is 8.42 Å². The third-order valence-electron chi connectivity index (χ3n) is 3.96. The first-order valence-corrected chi connectivity index (χ1v) is 9.75. The van der Waals surface area contributed by atoms with Gasteiger partial charge in [-0.1, -0.05) is 12.1 Å². The molecule has 1 fully saturated rings. The predicted molar refractivity (Wildman–Crippen MR) is 102 cm³/mol. The Hall–Kier alpha value is -1.15. The third kappa shape index (κ3) is 6.58. The Morgan fingerprint density at radius 3 is 2.44 bits per heavy atom. The van der Waals surface area contributed by atoms with Crippen molar-refractivity contribution in [1.29, 1.82) is 0 Å². The van der Waals surface area contributed by atoms with E-state index in [4.69, 9.17) is 4.74 Å². The molecule has 0 radical (unpaired) electrons. The first-order chi connectivity index (χ1) is 11.2. The van der Waals surface area contributed by atoms with E-state index in [2.05, 4.69) is 10.6 Å². The van der Waals surface area contributed by atoms with Gasteiger partial charge in [0.1, 0.15) is 0 Å². The van der Waals surface area contributed by atoms with E-state index in [1.807, 2.05) is 0 Å². The predicted octanol–water partition coefficient (Wildman–Crippen LogP) is 2.14. The number of carbonyl (C=O) groups is 1. The summed E-state index contributed by atoms with van der Waals surface area (Å²) in [6.45, 7) is 7.06. The number of anilines is 1. The highest BCUT2D eigenvalue weighted by atomic mass is 35.5. The van der Waals surface area contributed by atoms with Crippen LogP contribution in [-0.2, 0) is 25.1 Å². The van der Waals surface area contributed by atoms with Crippen LogP contribution >= 0.6 is 12.4 Å². The molecule has 0 saturated carbocycles. The highest BCUT2D eigenvalue weighted by Crippen LogP contribution is 2.21. The lowest BCUT2D eigenvalue weighted by Gasteiger charge is -2.23. The van der Waals surface area contributed by atoms with Crippen molar-refractivity contribution in [2.24, 2.45) is 0 Å². The summed E-state index contributed by atoms with van der Waals surface area (Å²) < 4.78 is 29.0. The molecule has 1 aromatic carbocycles. The van der Waals surface area contributed by atoms with Crippen molar-refractivity contribution in [3.8, 4) is 0 Å². The zero-order valence-electron chi connectivity index (χ0n) is 14.9. The van der Waals surface area contributed by atoms with Crippen LogP contribution in [0, 0.1) is 0 Å². The number of morpholine rings is 1. The topological polar surface area (TPSA) is 84.5 Å². The smallest absolute Gasteiger partial charge is 0.226 e. The molecule has 1 aliphatic heterocycles. The number of hydrogen-bond acceptors (Lipinski definition) is 5. The van der Waals surface area contributed by atoms with Crippen molar-refractivity contribution in [2.75, 3.05) is 25.1 Å². The van der Waals surface area contributed by atoms with E-state index < -0.39 is 14.6 Å². The van der Waals surface area contributed by atoms with Gasteiger partial charge in [0.25, 0.3) is 0 Å². The van der Waals surface area contributed by atoms with Crippen LogP contribution in [0.4, 0.5) is 5.69 Å². The number of rotatable bonds is 5. The largest absolute Gasteiger partial charge is 0.378 e. The normalized spacial score (nSPS) is 18.3. The van der Waals surface area contributed by atoms with Crippen molar-refractivity contribution >= 4 is 33.8 Å². The molecular formula is C17H27ClN2O4S. The Bertz CT molecular complexity index is 663. The number of hydrogen-bond donors (Lipinski definition) is 2. The number of ether oxygens (including phenoxy) is 1. The molecule has 1 atom stereocenters. The van der Waals surface area contributed by atoms with Crippen LogP contribution in [0.25, 0.3) is 0 Å². The van der Waals surface area contributed by atoms with Gasteiger partial charge in [-0.3, -0.25) is 4.79 Å². The molecule has 2 N–H and O–H groups in total. The fraction of sp³-hybridized carbons (Fsp3) is 0.588. The van der Waals surface area contributed by atoms with Crippen LogP contribution in [0.1, 0.15) is 32.8 Å². The molecule has 142 valence electrons. The summed E-state index contributed by atoms with van der Waals surface area (Å²) in [5.41, 5.74) is 1.37. The summed E-state index contributed by atoms with van der Waals surface area (Å²) in [6, 6.07) is 6.98. The summed E-state index contributed by atoms with van der Waals surface area (Å²) in [6.07, 6.45) is 0.347. The third-order valence-corrected chi connectivity index (χ3v) is 6.54. The zero-order valence-corrected chi connectivity index (χ0v) is 16.5. The van der Waals surface area contributed by atoms with Crippen molar-refractivity contribution < 1.29 is 17.9 Å². The van der Waals surface area contributed by atoms with Gasteiger partial charge in [0.05, 0.1) is 23.7 Å². The van der Waals surface area contributed by atoms with Gasteiger partial charge in [-0.15, -0.1) is 12.4 Å². The van der Waals surface area contributed by atoms with Gasteiger partial charge in [0.2, 0.25) is 5.91 Å². The Kier molecular flexibility index (Phi) is 7.87. The van der Waals surface area contributed by atoms with Crippen molar-refractivity contribution in [2.45, 2.75) is 43.7 Å². The van der Waals surface area contributed by atoms with Crippen LogP contribution in [-0.4, -0.2) is 44.9 Å². The second kappa shape index (κ2) is 8.98. The first-order valence-electron chi connectivity index (χ1n) is 8.09. The van der Waals surface area contributed by atoms with E-state index in [-0.39, 0.29) is 30.1 Å². The molecule has 1 aliphatic rings. The molecule has 2 rings (SSSR count). The van der Waals surface area contributed by atoms with E-state index in [1.54, 1.807) is 45.0 Å². The summed E-state index contributed by atoms with van der Waals surface area (Å²) in [7, 11) is -3.22. The number of halogens is 1. The second-order valence-electron chi connectivity index (χ2n) is 7.05. The Balaban J connectivity index is 0.00000312. The molecule has 1 heterocycles. The zero-order chi connectivity index (χ0) is 17.8. The summed E-state index contributed by atoms with van der Waals surface area (Å²) in [5, 5.41) is 6.06. The molecule has 1 aromatic rings. The minimum absolute atomic E-state index is 0. The van der Waals surface area contributed by atoms with Crippen LogP contribution in [0.5, 0.6) is 0 Å². The molecule has 1 unspecified atom stereocenters. The van der Waals surface area contributed by atoms with E-state index >= 15 is 0 Å². The molecule has 25 heavy (non-hydrogen) atoms. The molecule has 0 bridgehead atoms. The molecule has 6 nitrogen and oxygen atoms in total. The van der Waals surface area contributed by atoms with Crippen molar-refractivity contribution in [1.82, 2.24) is 5.32 Å². The van der Waals surface area contributed by atoms with Gasteiger partial charge < -0.3 is 15.4 Å². The Morgan fingerprint density at radius 1 is 1.28 bits per heavy atom. The molecular weight excluding hydrogens is 364 g/mol. The highest BCUT2D eigenvalue weighted by Gasteiger charge is 2.28. The minimum Gasteiger partial charge on any atom is -0.378 e. The lowest BCUT2D eigenvalue weighted by molar-refractivity contribution is -0.117. The van der Waals surface area contributed by atoms with Gasteiger partial charge in [0, 0.05) is 24.7 Å². The fourth-order valence-corrected chi connectivity index (χ4v) is 3.37.